The zero-order valence-corrected chi connectivity index (χ0v) is 15.8. The van der Waals surface area contributed by atoms with E-state index in [1.807, 2.05) is 12.1 Å². The summed E-state index contributed by atoms with van der Waals surface area (Å²) in [6.45, 7) is 8.33. The van der Waals surface area contributed by atoms with Gasteiger partial charge in [0.15, 0.2) is 0 Å². The summed E-state index contributed by atoms with van der Waals surface area (Å²) < 4.78 is 0. The number of aromatic hydroxyl groups is 2. The average Bonchev–Trinajstić information content (AvgIpc) is 2.62. The minimum Gasteiger partial charge on any atom is -0.508 e. The Morgan fingerprint density at radius 2 is 0.808 bits per heavy atom. The van der Waals surface area contributed by atoms with Crippen molar-refractivity contribution in [2.24, 2.45) is 0 Å². The number of benzene rings is 3. The first kappa shape index (κ1) is 18.1. The van der Waals surface area contributed by atoms with Crippen molar-refractivity contribution in [1.82, 2.24) is 0 Å². The molecule has 26 heavy (non-hydrogen) atoms. The van der Waals surface area contributed by atoms with Gasteiger partial charge in [0, 0.05) is 0 Å². The maximum Gasteiger partial charge on any atom is 0.119 e. The van der Waals surface area contributed by atoms with Gasteiger partial charge in [-0.15, -0.1) is 0 Å². The molecule has 0 radical (unpaired) electrons. The largest absolute Gasteiger partial charge is 0.508 e. The number of phenolic OH excluding ortho intramolecular Hbond substituents is 2. The molecular formula is C24H26O2. The minimum absolute atomic E-state index is 0.278. The summed E-state index contributed by atoms with van der Waals surface area (Å²) >= 11 is 0. The molecule has 134 valence electrons. The monoisotopic (exact) mass is 346 g/mol. The molecule has 2 N–H and O–H groups in total. The zero-order valence-electron chi connectivity index (χ0n) is 15.8. The van der Waals surface area contributed by atoms with Gasteiger partial charge in [-0.25, -0.2) is 0 Å². The summed E-state index contributed by atoms with van der Waals surface area (Å²) in [5, 5.41) is 20.0. The summed E-state index contributed by atoms with van der Waals surface area (Å²) in [5.41, 5.74) is 6.38. The predicted molar refractivity (Wildman–Crippen MR) is 109 cm³/mol. The van der Waals surface area contributed by atoms with Gasteiger partial charge in [-0.1, -0.05) is 64.1 Å². The Morgan fingerprint density at radius 3 is 1.12 bits per heavy atom. The van der Waals surface area contributed by atoms with Crippen molar-refractivity contribution in [3.63, 3.8) is 0 Å². The third-order valence-electron chi connectivity index (χ3n) is 4.85. The van der Waals surface area contributed by atoms with Crippen LogP contribution in [0.1, 0.15) is 50.7 Å². The first-order valence-corrected chi connectivity index (χ1v) is 9.13. The van der Waals surface area contributed by atoms with Crippen LogP contribution in [0.4, 0.5) is 0 Å². The van der Waals surface area contributed by atoms with Crippen LogP contribution in [0.5, 0.6) is 11.5 Å². The molecule has 0 saturated heterocycles. The van der Waals surface area contributed by atoms with Gasteiger partial charge in [-0.3, -0.25) is 0 Å². The highest BCUT2D eigenvalue weighted by molar-refractivity contribution is 5.72. The van der Waals surface area contributed by atoms with E-state index in [2.05, 4.69) is 64.1 Å². The molecule has 3 aromatic rings. The number of rotatable bonds is 4. The van der Waals surface area contributed by atoms with E-state index in [1.165, 1.54) is 0 Å². The van der Waals surface area contributed by atoms with Crippen LogP contribution in [0.3, 0.4) is 0 Å². The van der Waals surface area contributed by atoms with Crippen molar-refractivity contribution in [1.29, 1.82) is 0 Å². The molecule has 2 nitrogen and oxygen atoms in total. The van der Waals surface area contributed by atoms with Crippen LogP contribution in [-0.4, -0.2) is 10.2 Å². The van der Waals surface area contributed by atoms with Crippen LogP contribution in [0.2, 0.25) is 0 Å². The van der Waals surface area contributed by atoms with E-state index >= 15 is 0 Å². The second-order valence-electron chi connectivity index (χ2n) is 7.43. The highest BCUT2D eigenvalue weighted by Crippen LogP contribution is 2.33. The van der Waals surface area contributed by atoms with Gasteiger partial charge in [0.2, 0.25) is 0 Å². The molecule has 0 spiro atoms. The van der Waals surface area contributed by atoms with E-state index in [4.69, 9.17) is 0 Å². The van der Waals surface area contributed by atoms with Crippen molar-refractivity contribution in [3.05, 3.63) is 71.8 Å². The Bertz CT molecular complexity index is 829. The zero-order chi connectivity index (χ0) is 18.8. The number of hydrogen-bond donors (Lipinski definition) is 2. The lowest BCUT2D eigenvalue weighted by Gasteiger charge is -2.13. The molecule has 0 atom stereocenters. The molecule has 0 aliphatic carbocycles. The van der Waals surface area contributed by atoms with Crippen LogP contribution in [0, 0.1) is 0 Å². The highest BCUT2D eigenvalue weighted by Gasteiger charge is 2.10. The van der Waals surface area contributed by atoms with Crippen LogP contribution in [0.25, 0.3) is 22.3 Å². The van der Waals surface area contributed by atoms with E-state index in [0.29, 0.717) is 11.5 Å². The lowest BCUT2D eigenvalue weighted by Crippen LogP contribution is -1.90. The third-order valence-corrected chi connectivity index (χ3v) is 4.85. The van der Waals surface area contributed by atoms with Crippen molar-refractivity contribution in [3.8, 4) is 33.8 Å². The molecule has 0 aliphatic rings. The molecule has 0 unspecified atom stereocenters. The maximum absolute atomic E-state index is 10.0. The van der Waals surface area contributed by atoms with Gasteiger partial charge in [0.25, 0.3) is 0 Å². The summed E-state index contributed by atoms with van der Waals surface area (Å²) in [5.74, 6) is 1.26. The standard InChI is InChI=1S/C24H26O2/c1-15(2)21-13-19(9-11-23(21)25)17-5-7-18(8-6-17)20-10-12-24(26)22(14-20)16(3)4/h5-16,25-26H,1-4H3. The van der Waals surface area contributed by atoms with E-state index in [9.17, 15) is 10.2 Å². The predicted octanol–water partition coefficient (Wildman–Crippen LogP) is 6.68. The quantitative estimate of drug-likeness (QED) is 0.553. The van der Waals surface area contributed by atoms with Crippen molar-refractivity contribution >= 4 is 0 Å². The Hall–Kier alpha value is -2.74. The molecule has 0 aromatic heterocycles. The lowest BCUT2D eigenvalue weighted by atomic mass is 9.94. The van der Waals surface area contributed by atoms with E-state index in [-0.39, 0.29) is 11.8 Å². The van der Waals surface area contributed by atoms with Crippen molar-refractivity contribution < 1.29 is 10.2 Å². The van der Waals surface area contributed by atoms with Crippen LogP contribution < -0.4 is 0 Å². The normalized spacial score (nSPS) is 11.3. The van der Waals surface area contributed by atoms with E-state index in [0.717, 1.165) is 33.4 Å². The van der Waals surface area contributed by atoms with Gasteiger partial charge in [-0.2, -0.15) is 0 Å². The first-order valence-electron chi connectivity index (χ1n) is 9.13. The van der Waals surface area contributed by atoms with E-state index < -0.39 is 0 Å². The first-order chi connectivity index (χ1) is 12.4. The number of hydrogen-bond acceptors (Lipinski definition) is 2. The second-order valence-corrected chi connectivity index (χ2v) is 7.43. The van der Waals surface area contributed by atoms with Gasteiger partial charge in [0.1, 0.15) is 11.5 Å². The Morgan fingerprint density at radius 1 is 0.500 bits per heavy atom. The highest BCUT2D eigenvalue weighted by atomic mass is 16.3. The fourth-order valence-corrected chi connectivity index (χ4v) is 3.25. The van der Waals surface area contributed by atoms with Crippen molar-refractivity contribution in [2.45, 2.75) is 39.5 Å². The Balaban J connectivity index is 1.95. The van der Waals surface area contributed by atoms with E-state index in [1.54, 1.807) is 12.1 Å². The average molecular weight is 346 g/mol. The van der Waals surface area contributed by atoms with Crippen LogP contribution in [0.15, 0.2) is 60.7 Å². The number of phenols is 2. The molecule has 0 fully saturated rings. The molecule has 2 heteroatoms. The van der Waals surface area contributed by atoms with Gasteiger partial charge in [-0.05, 0) is 69.5 Å². The fraction of sp³-hybridized carbons (Fsp3) is 0.250. The Labute approximate surface area is 155 Å². The van der Waals surface area contributed by atoms with Crippen LogP contribution in [-0.2, 0) is 0 Å². The molecular weight excluding hydrogens is 320 g/mol. The molecule has 0 saturated carbocycles. The van der Waals surface area contributed by atoms with Crippen molar-refractivity contribution in [2.75, 3.05) is 0 Å². The lowest BCUT2D eigenvalue weighted by molar-refractivity contribution is 0.464. The molecule has 0 aliphatic heterocycles. The van der Waals surface area contributed by atoms with Gasteiger partial charge >= 0.3 is 0 Å². The second kappa shape index (κ2) is 7.25. The fourth-order valence-electron chi connectivity index (χ4n) is 3.25. The summed E-state index contributed by atoms with van der Waals surface area (Å²) in [7, 11) is 0. The Kier molecular flexibility index (Phi) is 5.03. The molecule has 3 aromatic carbocycles. The SMILES string of the molecule is CC(C)c1cc(-c2ccc(-c3ccc(O)c(C(C)C)c3)cc2)ccc1O. The molecule has 3 rings (SSSR count). The smallest absolute Gasteiger partial charge is 0.119 e. The topological polar surface area (TPSA) is 40.5 Å². The molecule has 0 amide bonds. The molecule has 0 bridgehead atoms. The van der Waals surface area contributed by atoms with Gasteiger partial charge in [0.05, 0.1) is 0 Å². The summed E-state index contributed by atoms with van der Waals surface area (Å²) in [4.78, 5) is 0. The summed E-state index contributed by atoms with van der Waals surface area (Å²) in [6, 6.07) is 20.0. The third kappa shape index (κ3) is 3.60. The minimum atomic E-state index is 0.278. The maximum atomic E-state index is 10.0. The molecule has 0 heterocycles. The van der Waals surface area contributed by atoms with Crippen LogP contribution >= 0.6 is 0 Å². The summed E-state index contributed by atoms with van der Waals surface area (Å²) in [6.07, 6.45) is 0. The van der Waals surface area contributed by atoms with Gasteiger partial charge < -0.3 is 10.2 Å².